The van der Waals surface area contributed by atoms with E-state index in [1.807, 2.05) is 4.90 Å². The molecule has 0 aromatic heterocycles. The second-order valence-electron chi connectivity index (χ2n) is 7.54. The van der Waals surface area contributed by atoms with Gasteiger partial charge in [0.25, 0.3) is 0 Å². The highest BCUT2D eigenvalue weighted by Crippen LogP contribution is 2.30. The zero-order valence-electron chi connectivity index (χ0n) is 15.8. The number of carboxylic acid groups (broad SMARTS) is 1. The zero-order valence-corrected chi connectivity index (χ0v) is 15.8. The number of benzene rings is 1. The van der Waals surface area contributed by atoms with Crippen LogP contribution in [0.3, 0.4) is 0 Å². The first-order valence-electron chi connectivity index (χ1n) is 9.69. The van der Waals surface area contributed by atoms with E-state index in [4.69, 9.17) is 5.11 Å². The Morgan fingerprint density at radius 1 is 1.11 bits per heavy atom. The standard InChI is InChI=1S/C20H26FN3O4/c21-15-3-1-2-4-16(15)23-11-13-24(14-12-23)18(26)6-9-20(10-7-19(27)28)8-5-17(25)22-20/h1-4H,5-14H2,(H,22,25)(H,27,28)/t20-/m1/s1. The molecule has 1 atom stereocenters. The molecule has 0 bridgehead atoms. The number of hydrogen-bond acceptors (Lipinski definition) is 4. The third-order valence-corrected chi connectivity index (χ3v) is 5.70. The Morgan fingerprint density at radius 2 is 1.79 bits per heavy atom. The first-order chi connectivity index (χ1) is 13.4. The second-order valence-corrected chi connectivity index (χ2v) is 7.54. The van der Waals surface area contributed by atoms with Crippen molar-refractivity contribution in [1.29, 1.82) is 0 Å². The van der Waals surface area contributed by atoms with Gasteiger partial charge in [0.05, 0.1) is 5.69 Å². The third-order valence-electron chi connectivity index (χ3n) is 5.70. The van der Waals surface area contributed by atoms with Gasteiger partial charge in [0.15, 0.2) is 0 Å². The van der Waals surface area contributed by atoms with Crippen LogP contribution in [0, 0.1) is 5.82 Å². The predicted molar refractivity (Wildman–Crippen MR) is 101 cm³/mol. The van der Waals surface area contributed by atoms with Gasteiger partial charge in [0, 0.05) is 51.0 Å². The van der Waals surface area contributed by atoms with E-state index in [1.54, 1.807) is 23.1 Å². The van der Waals surface area contributed by atoms with Crippen LogP contribution in [0.1, 0.15) is 38.5 Å². The fourth-order valence-corrected chi connectivity index (χ4v) is 4.03. The smallest absolute Gasteiger partial charge is 0.303 e. The molecule has 2 amide bonds. The molecule has 0 unspecified atom stereocenters. The molecule has 2 saturated heterocycles. The zero-order chi connectivity index (χ0) is 20.1. The summed E-state index contributed by atoms with van der Waals surface area (Å²) < 4.78 is 13.9. The summed E-state index contributed by atoms with van der Waals surface area (Å²) in [5, 5.41) is 11.8. The van der Waals surface area contributed by atoms with Crippen LogP contribution < -0.4 is 10.2 Å². The maximum atomic E-state index is 13.9. The molecule has 1 aromatic carbocycles. The lowest BCUT2D eigenvalue weighted by atomic mass is 9.86. The Hall–Kier alpha value is -2.64. The van der Waals surface area contributed by atoms with Gasteiger partial charge >= 0.3 is 5.97 Å². The number of anilines is 1. The van der Waals surface area contributed by atoms with Gasteiger partial charge in [-0.25, -0.2) is 4.39 Å². The van der Waals surface area contributed by atoms with E-state index in [9.17, 15) is 18.8 Å². The number of aliphatic carboxylic acids is 1. The fraction of sp³-hybridized carbons (Fsp3) is 0.550. The van der Waals surface area contributed by atoms with Gasteiger partial charge in [-0.2, -0.15) is 0 Å². The minimum absolute atomic E-state index is 0.0102. The average Bonchev–Trinajstić information content (AvgIpc) is 3.06. The van der Waals surface area contributed by atoms with Crippen LogP contribution in [0.15, 0.2) is 24.3 Å². The van der Waals surface area contributed by atoms with E-state index >= 15 is 0 Å². The number of halogens is 1. The average molecular weight is 391 g/mol. The summed E-state index contributed by atoms with van der Waals surface area (Å²) in [4.78, 5) is 38.9. The molecule has 3 rings (SSSR count). The molecule has 8 heteroatoms. The quantitative estimate of drug-likeness (QED) is 0.739. The maximum absolute atomic E-state index is 13.9. The molecular formula is C20H26FN3O4. The number of carbonyl (C=O) groups is 3. The lowest BCUT2D eigenvalue weighted by Gasteiger charge is -2.37. The summed E-state index contributed by atoms with van der Waals surface area (Å²) >= 11 is 0. The summed E-state index contributed by atoms with van der Waals surface area (Å²) in [5.41, 5.74) is -0.0454. The molecule has 0 saturated carbocycles. The fourth-order valence-electron chi connectivity index (χ4n) is 4.03. The van der Waals surface area contributed by atoms with Crippen molar-refractivity contribution in [2.45, 2.75) is 44.1 Å². The van der Waals surface area contributed by atoms with Crippen molar-refractivity contribution in [3.63, 3.8) is 0 Å². The van der Waals surface area contributed by atoms with E-state index in [2.05, 4.69) is 5.32 Å². The Kier molecular flexibility index (Phi) is 6.16. The van der Waals surface area contributed by atoms with Crippen LogP contribution >= 0.6 is 0 Å². The van der Waals surface area contributed by atoms with Crippen molar-refractivity contribution in [3.05, 3.63) is 30.1 Å². The maximum Gasteiger partial charge on any atom is 0.303 e. The number of para-hydroxylation sites is 1. The normalized spacial score (nSPS) is 22.2. The van der Waals surface area contributed by atoms with Gasteiger partial charge in [0.2, 0.25) is 11.8 Å². The van der Waals surface area contributed by atoms with Crippen LogP contribution in [0.2, 0.25) is 0 Å². The molecule has 2 N–H and O–H groups in total. The van der Waals surface area contributed by atoms with Crippen LogP contribution in [0.5, 0.6) is 0 Å². The molecule has 28 heavy (non-hydrogen) atoms. The SMILES string of the molecule is O=C(O)CC[C@]1(CCC(=O)N2CCN(c3ccccc3F)CC2)CCC(=O)N1. The Balaban J connectivity index is 1.51. The highest BCUT2D eigenvalue weighted by Gasteiger charge is 2.38. The molecule has 7 nitrogen and oxygen atoms in total. The van der Waals surface area contributed by atoms with E-state index in [-0.39, 0.29) is 30.5 Å². The van der Waals surface area contributed by atoms with Crippen molar-refractivity contribution in [3.8, 4) is 0 Å². The molecule has 0 spiro atoms. The lowest BCUT2D eigenvalue weighted by Crippen LogP contribution is -2.50. The summed E-state index contributed by atoms with van der Waals surface area (Å²) in [6.45, 7) is 2.16. The molecule has 0 radical (unpaired) electrons. The number of carboxylic acids is 1. The van der Waals surface area contributed by atoms with Gasteiger partial charge in [-0.3, -0.25) is 14.4 Å². The molecule has 2 heterocycles. The van der Waals surface area contributed by atoms with Crippen molar-refractivity contribution >= 4 is 23.5 Å². The first-order valence-corrected chi connectivity index (χ1v) is 9.69. The molecule has 2 fully saturated rings. The van der Waals surface area contributed by atoms with Crippen molar-refractivity contribution in [2.75, 3.05) is 31.1 Å². The topological polar surface area (TPSA) is 90.0 Å². The summed E-state index contributed by atoms with van der Waals surface area (Å²) in [5.74, 6) is -1.27. The Morgan fingerprint density at radius 3 is 2.39 bits per heavy atom. The van der Waals surface area contributed by atoms with E-state index in [1.165, 1.54) is 6.07 Å². The molecule has 2 aliphatic rings. The number of rotatable bonds is 7. The van der Waals surface area contributed by atoms with Crippen molar-refractivity contribution in [1.82, 2.24) is 10.2 Å². The van der Waals surface area contributed by atoms with Crippen LogP contribution in [0.4, 0.5) is 10.1 Å². The van der Waals surface area contributed by atoms with Gasteiger partial charge in [-0.1, -0.05) is 12.1 Å². The monoisotopic (exact) mass is 391 g/mol. The van der Waals surface area contributed by atoms with E-state index < -0.39 is 11.5 Å². The molecular weight excluding hydrogens is 365 g/mol. The van der Waals surface area contributed by atoms with Crippen molar-refractivity contribution in [2.24, 2.45) is 0 Å². The van der Waals surface area contributed by atoms with E-state index in [0.717, 1.165) is 0 Å². The first kappa shape index (κ1) is 20.1. The lowest BCUT2D eigenvalue weighted by molar-refractivity contribution is -0.137. The Bertz CT molecular complexity index is 749. The van der Waals surface area contributed by atoms with Crippen LogP contribution in [-0.2, 0) is 14.4 Å². The van der Waals surface area contributed by atoms with Crippen LogP contribution in [-0.4, -0.2) is 59.5 Å². The Labute approximate surface area is 163 Å². The van der Waals surface area contributed by atoms with E-state index in [0.29, 0.717) is 57.5 Å². The molecule has 152 valence electrons. The number of nitrogens with one attached hydrogen (secondary N) is 1. The van der Waals surface area contributed by atoms with Gasteiger partial charge < -0.3 is 20.2 Å². The molecule has 1 aromatic rings. The number of piperazine rings is 1. The highest BCUT2D eigenvalue weighted by molar-refractivity contribution is 5.80. The summed E-state index contributed by atoms with van der Waals surface area (Å²) in [6.07, 6.45) is 1.94. The minimum Gasteiger partial charge on any atom is -0.481 e. The number of nitrogens with zero attached hydrogens (tertiary/aromatic N) is 2. The number of carbonyl (C=O) groups excluding carboxylic acids is 2. The minimum atomic E-state index is -0.906. The number of hydrogen-bond donors (Lipinski definition) is 2. The van der Waals surface area contributed by atoms with Gasteiger partial charge in [-0.15, -0.1) is 0 Å². The predicted octanol–water partition coefficient (Wildman–Crippen LogP) is 1.77. The van der Waals surface area contributed by atoms with Crippen molar-refractivity contribution < 1.29 is 23.9 Å². The molecule has 0 aliphatic carbocycles. The molecule has 2 aliphatic heterocycles. The summed E-state index contributed by atoms with van der Waals surface area (Å²) in [7, 11) is 0. The second kappa shape index (κ2) is 8.58. The number of amides is 2. The van der Waals surface area contributed by atoms with Gasteiger partial charge in [-0.05, 0) is 31.4 Å². The third kappa shape index (κ3) is 4.79. The highest BCUT2D eigenvalue weighted by atomic mass is 19.1. The van der Waals surface area contributed by atoms with Crippen LogP contribution in [0.25, 0.3) is 0 Å². The summed E-state index contributed by atoms with van der Waals surface area (Å²) in [6, 6.07) is 6.62. The largest absolute Gasteiger partial charge is 0.481 e. The van der Waals surface area contributed by atoms with Gasteiger partial charge in [0.1, 0.15) is 5.82 Å².